The Bertz CT molecular complexity index is 716. The largest absolute Gasteiger partial charge is 0.491 e. The lowest BCUT2D eigenvalue weighted by molar-refractivity contribution is 0.102. The zero-order valence-corrected chi connectivity index (χ0v) is 14.8. The lowest BCUT2D eigenvalue weighted by Gasteiger charge is -2.14. The molecule has 5 heteroatoms. The maximum absolute atomic E-state index is 12.5. The Kier molecular flexibility index (Phi) is 6.10. The minimum atomic E-state index is -0.111. The van der Waals surface area contributed by atoms with Crippen LogP contribution in [0.2, 0.25) is 0 Å². The van der Waals surface area contributed by atoms with Crippen LogP contribution in [0.3, 0.4) is 0 Å². The zero-order chi connectivity index (χ0) is 16.2. The topological polar surface area (TPSA) is 50.4 Å². The highest BCUT2D eigenvalue weighted by molar-refractivity contribution is 6.05. The normalized spacial score (nSPS) is 12.1. The van der Waals surface area contributed by atoms with Crippen LogP contribution in [-0.2, 0) is 6.42 Å². The van der Waals surface area contributed by atoms with Crippen LogP contribution in [0.4, 0.5) is 11.4 Å². The number of hydrogen-bond acceptors (Lipinski definition) is 3. The van der Waals surface area contributed by atoms with Crippen molar-refractivity contribution >= 4 is 29.7 Å². The van der Waals surface area contributed by atoms with Gasteiger partial charge in [-0.05, 0) is 48.2 Å². The second kappa shape index (κ2) is 8.06. The van der Waals surface area contributed by atoms with Crippen molar-refractivity contribution in [3.8, 4) is 5.75 Å². The number of para-hydroxylation sites is 2. The third-order valence-electron chi connectivity index (χ3n) is 3.78. The number of anilines is 2. The van der Waals surface area contributed by atoms with Crippen molar-refractivity contribution in [2.75, 3.05) is 23.8 Å². The number of carbonyl (C=O) groups excluding carboxylic acids is 1. The van der Waals surface area contributed by atoms with E-state index in [2.05, 4.69) is 24.5 Å². The molecule has 0 bridgehead atoms. The number of carbonyl (C=O) groups is 1. The molecule has 0 saturated carbocycles. The van der Waals surface area contributed by atoms with Gasteiger partial charge >= 0.3 is 0 Å². The monoisotopic (exact) mass is 346 g/mol. The fraction of sp³-hybridized carbons (Fsp3) is 0.316. The van der Waals surface area contributed by atoms with E-state index in [1.54, 1.807) is 0 Å². The van der Waals surface area contributed by atoms with Crippen LogP contribution < -0.4 is 15.4 Å². The number of fused-ring (bicyclic) bond motifs is 1. The molecule has 2 N–H and O–H groups in total. The van der Waals surface area contributed by atoms with Crippen molar-refractivity contribution in [2.45, 2.75) is 20.3 Å². The van der Waals surface area contributed by atoms with Crippen LogP contribution in [0.15, 0.2) is 42.5 Å². The maximum Gasteiger partial charge on any atom is 0.255 e. The number of hydrogen-bond donors (Lipinski definition) is 2. The molecule has 2 aromatic rings. The molecule has 0 spiro atoms. The van der Waals surface area contributed by atoms with Gasteiger partial charge in [0.25, 0.3) is 5.91 Å². The number of halogens is 1. The van der Waals surface area contributed by atoms with Gasteiger partial charge in [0.15, 0.2) is 0 Å². The molecule has 1 heterocycles. The summed E-state index contributed by atoms with van der Waals surface area (Å²) < 4.78 is 5.78. The molecule has 1 aliphatic rings. The predicted molar refractivity (Wildman–Crippen MR) is 101 cm³/mol. The molecular formula is C19H23ClN2O2. The summed E-state index contributed by atoms with van der Waals surface area (Å²) in [6.07, 6.45) is 0.963. The second-order valence-electron chi connectivity index (χ2n) is 6.20. The number of ether oxygens (including phenoxy) is 1. The molecule has 0 unspecified atom stereocenters. The summed E-state index contributed by atoms with van der Waals surface area (Å²) in [5.74, 6) is 1.03. The molecular weight excluding hydrogens is 324 g/mol. The van der Waals surface area contributed by atoms with Gasteiger partial charge in [-0.15, -0.1) is 12.4 Å². The second-order valence-corrected chi connectivity index (χ2v) is 6.20. The third-order valence-corrected chi connectivity index (χ3v) is 3.78. The van der Waals surface area contributed by atoms with Gasteiger partial charge in [-0.2, -0.15) is 0 Å². The van der Waals surface area contributed by atoms with Gasteiger partial charge in [0.1, 0.15) is 5.75 Å². The summed E-state index contributed by atoms with van der Waals surface area (Å²) in [4.78, 5) is 12.5. The van der Waals surface area contributed by atoms with Gasteiger partial charge in [-0.3, -0.25) is 4.79 Å². The van der Waals surface area contributed by atoms with Crippen molar-refractivity contribution in [3.63, 3.8) is 0 Å². The van der Waals surface area contributed by atoms with Gasteiger partial charge in [0, 0.05) is 17.8 Å². The Balaban J connectivity index is 0.00000208. The molecule has 0 saturated heterocycles. The minimum absolute atomic E-state index is 0. The van der Waals surface area contributed by atoms with Gasteiger partial charge in [0.05, 0.1) is 12.3 Å². The molecule has 1 amide bonds. The van der Waals surface area contributed by atoms with Crippen LogP contribution in [0.1, 0.15) is 29.8 Å². The highest BCUT2D eigenvalue weighted by atomic mass is 35.5. The Morgan fingerprint density at radius 2 is 2.04 bits per heavy atom. The SMILES string of the molecule is CC(C)COc1ccccc1NC(=O)c1ccc2c(c1)CCN2.Cl. The third kappa shape index (κ3) is 4.20. The number of rotatable bonds is 5. The van der Waals surface area contributed by atoms with E-state index in [1.165, 1.54) is 5.56 Å². The van der Waals surface area contributed by atoms with E-state index in [-0.39, 0.29) is 18.3 Å². The molecule has 0 fully saturated rings. The Morgan fingerprint density at radius 3 is 2.83 bits per heavy atom. The van der Waals surface area contributed by atoms with Crippen molar-refractivity contribution in [3.05, 3.63) is 53.6 Å². The zero-order valence-electron chi connectivity index (χ0n) is 14.0. The average molecular weight is 347 g/mol. The average Bonchev–Trinajstić information content (AvgIpc) is 3.01. The summed E-state index contributed by atoms with van der Waals surface area (Å²) in [6, 6.07) is 13.3. The quantitative estimate of drug-likeness (QED) is 0.845. The first-order valence-electron chi connectivity index (χ1n) is 8.03. The van der Waals surface area contributed by atoms with E-state index in [1.807, 2.05) is 42.5 Å². The number of amides is 1. The first kappa shape index (κ1) is 18.1. The van der Waals surface area contributed by atoms with E-state index in [9.17, 15) is 4.79 Å². The molecule has 128 valence electrons. The highest BCUT2D eigenvalue weighted by Gasteiger charge is 2.15. The summed E-state index contributed by atoms with van der Waals surface area (Å²) >= 11 is 0. The summed E-state index contributed by atoms with van der Waals surface area (Å²) in [6.45, 7) is 5.75. The predicted octanol–water partition coefficient (Wildman–Crippen LogP) is 4.36. The van der Waals surface area contributed by atoms with Gasteiger partial charge < -0.3 is 15.4 Å². The van der Waals surface area contributed by atoms with Crippen molar-refractivity contribution in [1.29, 1.82) is 0 Å². The minimum Gasteiger partial charge on any atom is -0.491 e. The van der Waals surface area contributed by atoms with Crippen LogP contribution >= 0.6 is 12.4 Å². The number of benzene rings is 2. The molecule has 0 radical (unpaired) electrons. The lowest BCUT2D eigenvalue weighted by Crippen LogP contribution is -2.14. The van der Waals surface area contributed by atoms with Crippen LogP contribution in [0, 0.1) is 5.92 Å². The van der Waals surface area contributed by atoms with E-state index in [0.29, 0.717) is 29.5 Å². The molecule has 24 heavy (non-hydrogen) atoms. The van der Waals surface area contributed by atoms with E-state index >= 15 is 0 Å². The lowest BCUT2D eigenvalue weighted by atomic mass is 10.1. The Labute approximate surface area is 149 Å². The first-order valence-corrected chi connectivity index (χ1v) is 8.03. The van der Waals surface area contributed by atoms with Crippen molar-refractivity contribution < 1.29 is 9.53 Å². The van der Waals surface area contributed by atoms with Crippen molar-refractivity contribution in [2.24, 2.45) is 5.92 Å². The first-order chi connectivity index (χ1) is 11.1. The van der Waals surface area contributed by atoms with Gasteiger partial charge in [0.2, 0.25) is 0 Å². The Morgan fingerprint density at radius 1 is 1.25 bits per heavy atom. The summed E-state index contributed by atoms with van der Waals surface area (Å²) in [5, 5.41) is 6.26. The standard InChI is InChI=1S/C19H22N2O2.ClH/c1-13(2)12-23-18-6-4-3-5-17(18)21-19(22)15-7-8-16-14(11-15)9-10-20-16;/h3-8,11,13,20H,9-10,12H2,1-2H3,(H,21,22);1H. The van der Waals surface area contributed by atoms with Gasteiger partial charge in [-0.25, -0.2) is 0 Å². The van der Waals surface area contributed by atoms with Crippen molar-refractivity contribution in [1.82, 2.24) is 0 Å². The highest BCUT2D eigenvalue weighted by Crippen LogP contribution is 2.26. The van der Waals surface area contributed by atoms with Gasteiger partial charge in [-0.1, -0.05) is 26.0 Å². The molecule has 0 atom stereocenters. The van der Waals surface area contributed by atoms with Crippen LogP contribution in [0.5, 0.6) is 5.75 Å². The van der Waals surface area contributed by atoms with E-state index < -0.39 is 0 Å². The smallest absolute Gasteiger partial charge is 0.255 e. The molecule has 0 aromatic heterocycles. The number of nitrogens with one attached hydrogen (secondary N) is 2. The fourth-order valence-corrected chi connectivity index (χ4v) is 2.59. The molecule has 4 nitrogen and oxygen atoms in total. The fourth-order valence-electron chi connectivity index (χ4n) is 2.59. The molecule has 0 aliphatic carbocycles. The maximum atomic E-state index is 12.5. The molecule has 2 aromatic carbocycles. The van der Waals surface area contributed by atoms with Crippen LogP contribution in [0.25, 0.3) is 0 Å². The molecule has 1 aliphatic heterocycles. The van der Waals surface area contributed by atoms with E-state index in [4.69, 9.17) is 4.74 Å². The summed E-state index contributed by atoms with van der Waals surface area (Å²) in [7, 11) is 0. The van der Waals surface area contributed by atoms with E-state index in [0.717, 1.165) is 18.7 Å². The molecule has 3 rings (SSSR count). The Hall–Kier alpha value is -2.20. The summed E-state index contributed by atoms with van der Waals surface area (Å²) in [5.41, 5.74) is 3.70. The van der Waals surface area contributed by atoms with Crippen LogP contribution in [-0.4, -0.2) is 19.1 Å².